The van der Waals surface area contributed by atoms with Crippen LogP contribution in [0.2, 0.25) is 0 Å². The zero-order valence-corrected chi connectivity index (χ0v) is 11.6. The molecular formula is C11H21N5S. The van der Waals surface area contributed by atoms with Gasteiger partial charge in [-0.05, 0) is 36.1 Å². The van der Waals surface area contributed by atoms with E-state index >= 15 is 0 Å². The van der Waals surface area contributed by atoms with E-state index in [1.807, 2.05) is 4.68 Å². The third-order valence-electron chi connectivity index (χ3n) is 3.15. The molecule has 1 aliphatic rings. The van der Waals surface area contributed by atoms with Crippen molar-refractivity contribution in [2.45, 2.75) is 50.9 Å². The number of nitrogens with one attached hydrogen (secondary N) is 1. The van der Waals surface area contributed by atoms with E-state index in [0.29, 0.717) is 18.0 Å². The van der Waals surface area contributed by atoms with Crippen molar-refractivity contribution in [1.82, 2.24) is 25.5 Å². The molecule has 96 valence electrons. The second kappa shape index (κ2) is 5.82. The average molecular weight is 255 g/mol. The third kappa shape index (κ3) is 3.67. The summed E-state index contributed by atoms with van der Waals surface area (Å²) in [7, 11) is 0. The maximum absolute atomic E-state index is 4.07. The number of tetrazole rings is 1. The first-order valence-corrected chi connectivity index (χ1v) is 7.31. The van der Waals surface area contributed by atoms with Crippen LogP contribution in [0.4, 0.5) is 0 Å². The van der Waals surface area contributed by atoms with Crippen molar-refractivity contribution in [3.8, 4) is 0 Å². The molecule has 2 rings (SSSR count). The van der Waals surface area contributed by atoms with Gasteiger partial charge in [0.15, 0.2) is 0 Å². The molecule has 1 aromatic rings. The molecule has 6 heteroatoms. The summed E-state index contributed by atoms with van der Waals surface area (Å²) in [6.45, 7) is 7.70. The molecule has 0 spiro atoms. The van der Waals surface area contributed by atoms with Crippen LogP contribution in [0.15, 0.2) is 5.16 Å². The SMILES string of the molecule is CC(C)C(C)NCCSc1nnnn1C1CC1. The van der Waals surface area contributed by atoms with Gasteiger partial charge >= 0.3 is 0 Å². The monoisotopic (exact) mass is 255 g/mol. The number of nitrogens with zero attached hydrogens (tertiary/aromatic N) is 4. The van der Waals surface area contributed by atoms with E-state index in [-0.39, 0.29) is 0 Å². The molecule has 1 aromatic heterocycles. The Bertz CT molecular complexity index is 347. The molecule has 0 bridgehead atoms. The summed E-state index contributed by atoms with van der Waals surface area (Å²) >= 11 is 1.74. The lowest BCUT2D eigenvalue weighted by Gasteiger charge is -2.16. The minimum atomic E-state index is 0.565. The first-order valence-electron chi connectivity index (χ1n) is 6.32. The van der Waals surface area contributed by atoms with E-state index in [1.54, 1.807) is 11.8 Å². The van der Waals surface area contributed by atoms with Crippen LogP contribution < -0.4 is 5.32 Å². The number of hydrogen-bond donors (Lipinski definition) is 1. The Labute approximate surface area is 107 Å². The molecule has 1 atom stereocenters. The van der Waals surface area contributed by atoms with Crippen LogP contribution in [-0.2, 0) is 0 Å². The standard InChI is InChI=1S/C11H21N5S/c1-8(2)9(3)12-6-7-17-11-13-14-15-16(11)10-4-5-10/h8-10,12H,4-7H2,1-3H3. The van der Waals surface area contributed by atoms with Gasteiger partial charge in [-0.2, -0.15) is 0 Å². The topological polar surface area (TPSA) is 55.6 Å². The van der Waals surface area contributed by atoms with Crippen molar-refractivity contribution in [2.24, 2.45) is 5.92 Å². The normalized spacial score (nSPS) is 17.6. The van der Waals surface area contributed by atoms with Gasteiger partial charge < -0.3 is 5.32 Å². The Morgan fingerprint density at radius 3 is 2.82 bits per heavy atom. The molecule has 1 aliphatic carbocycles. The van der Waals surface area contributed by atoms with Crippen LogP contribution >= 0.6 is 11.8 Å². The lowest BCUT2D eigenvalue weighted by atomic mass is 10.1. The smallest absolute Gasteiger partial charge is 0.209 e. The summed E-state index contributed by atoms with van der Waals surface area (Å²) in [5, 5.41) is 16.3. The predicted octanol–water partition coefficient (Wildman–Crippen LogP) is 1.73. The van der Waals surface area contributed by atoms with Crippen molar-refractivity contribution in [2.75, 3.05) is 12.3 Å². The van der Waals surface area contributed by atoms with Gasteiger partial charge in [0.05, 0.1) is 6.04 Å². The zero-order valence-electron chi connectivity index (χ0n) is 10.8. The quantitative estimate of drug-likeness (QED) is 0.594. The number of rotatable bonds is 7. The molecule has 0 aliphatic heterocycles. The van der Waals surface area contributed by atoms with E-state index in [2.05, 4.69) is 41.6 Å². The Kier molecular flexibility index (Phi) is 4.39. The fourth-order valence-electron chi connectivity index (χ4n) is 1.49. The number of aromatic nitrogens is 4. The highest BCUT2D eigenvalue weighted by Crippen LogP contribution is 2.36. The van der Waals surface area contributed by atoms with E-state index in [0.717, 1.165) is 17.5 Å². The van der Waals surface area contributed by atoms with Gasteiger partial charge in [-0.25, -0.2) is 4.68 Å². The van der Waals surface area contributed by atoms with Crippen LogP contribution in [0, 0.1) is 5.92 Å². The average Bonchev–Trinajstić information content (AvgIpc) is 3.04. The molecule has 0 amide bonds. The highest BCUT2D eigenvalue weighted by molar-refractivity contribution is 7.99. The maximum atomic E-state index is 4.07. The first kappa shape index (κ1) is 12.8. The van der Waals surface area contributed by atoms with Crippen molar-refractivity contribution < 1.29 is 0 Å². The van der Waals surface area contributed by atoms with Gasteiger partial charge in [0.2, 0.25) is 5.16 Å². The summed E-state index contributed by atoms with van der Waals surface area (Å²) in [6.07, 6.45) is 2.45. The fraction of sp³-hybridized carbons (Fsp3) is 0.909. The van der Waals surface area contributed by atoms with Crippen molar-refractivity contribution >= 4 is 11.8 Å². The summed E-state index contributed by atoms with van der Waals surface area (Å²) in [5.74, 6) is 1.70. The van der Waals surface area contributed by atoms with Gasteiger partial charge in [0.1, 0.15) is 0 Å². The molecule has 0 aromatic carbocycles. The molecule has 5 nitrogen and oxygen atoms in total. The molecule has 17 heavy (non-hydrogen) atoms. The highest BCUT2D eigenvalue weighted by Gasteiger charge is 2.27. The van der Waals surface area contributed by atoms with E-state index in [4.69, 9.17) is 0 Å². The van der Waals surface area contributed by atoms with Crippen LogP contribution in [0.3, 0.4) is 0 Å². The zero-order chi connectivity index (χ0) is 12.3. The lowest BCUT2D eigenvalue weighted by molar-refractivity contribution is 0.438. The second-order valence-electron chi connectivity index (χ2n) is 4.97. The molecular weight excluding hydrogens is 234 g/mol. The summed E-state index contributed by atoms with van der Waals surface area (Å²) in [4.78, 5) is 0. The minimum Gasteiger partial charge on any atom is -0.313 e. The van der Waals surface area contributed by atoms with Crippen LogP contribution in [-0.4, -0.2) is 38.5 Å². The van der Waals surface area contributed by atoms with Crippen LogP contribution in [0.1, 0.15) is 39.7 Å². The fourth-order valence-corrected chi connectivity index (χ4v) is 2.31. The number of hydrogen-bond acceptors (Lipinski definition) is 5. The van der Waals surface area contributed by atoms with E-state index in [1.165, 1.54) is 12.8 Å². The summed E-state index contributed by atoms with van der Waals surface area (Å²) < 4.78 is 1.97. The second-order valence-corrected chi connectivity index (χ2v) is 6.03. The van der Waals surface area contributed by atoms with Crippen molar-refractivity contribution in [3.05, 3.63) is 0 Å². The molecule has 0 radical (unpaired) electrons. The Balaban J connectivity index is 1.69. The minimum absolute atomic E-state index is 0.565. The van der Waals surface area contributed by atoms with Gasteiger partial charge in [-0.15, -0.1) is 5.10 Å². The summed E-state index contributed by atoms with van der Waals surface area (Å²) in [5.41, 5.74) is 0. The van der Waals surface area contributed by atoms with Gasteiger partial charge in [0.25, 0.3) is 0 Å². The van der Waals surface area contributed by atoms with Gasteiger partial charge in [-0.3, -0.25) is 0 Å². The molecule has 1 heterocycles. The maximum Gasteiger partial charge on any atom is 0.209 e. The molecule has 1 N–H and O–H groups in total. The summed E-state index contributed by atoms with van der Waals surface area (Å²) in [6, 6.07) is 1.13. The van der Waals surface area contributed by atoms with Gasteiger partial charge in [-0.1, -0.05) is 25.6 Å². The predicted molar refractivity (Wildman–Crippen MR) is 69.1 cm³/mol. The highest BCUT2D eigenvalue weighted by atomic mass is 32.2. The van der Waals surface area contributed by atoms with Gasteiger partial charge in [0, 0.05) is 18.3 Å². The van der Waals surface area contributed by atoms with E-state index in [9.17, 15) is 0 Å². The largest absolute Gasteiger partial charge is 0.313 e. The number of thioether (sulfide) groups is 1. The van der Waals surface area contributed by atoms with Crippen molar-refractivity contribution in [1.29, 1.82) is 0 Å². The third-order valence-corrected chi connectivity index (χ3v) is 4.09. The molecule has 0 saturated heterocycles. The molecule has 1 unspecified atom stereocenters. The molecule has 1 saturated carbocycles. The van der Waals surface area contributed by atoms with E-state index < -0.39 is 0 Å². The lowest BCUT2D eigenvalue weighted by Crippen LogP contribution is -2.32. The van der Waals surface area contributed by atoms with Crippen LogP contribution in [0.25, 0.3) is 0 Å². The van der Waals surface area contributed by atoms with Crippen LogP contribution in [0.5, 0.6) is 0 Å². The first-order chi connectivity index (χ1) is 8.18. The Morgan fingerprint density at radius 1 is 1.41 bits per heavy atom. The Hall–Kier alpha value is -0.620. The Morgan fingerprint density at radius 2 is 2.18 bits per heavy atom. The van der Waals surface area contributed by atoms with Crippen molar-refractivity contribution in [3.63, 3.8) is 0 Å². The molecule has 1 fully saturated rings.